The fourth-order valence-electron chi connectivity index (χ4n) is 1.78. The molecule has 0 aliphatic heterocycles. The lowest BCUT2D eigenvalue weighted by Gasteiger charge is -2.12. The maximum atomic E-state index is 13.2. The molecule has 0 radical (unpaired) electrons. The first kappa shape index (κ1) is 17.5. The predicted molar refractivity (Wildman–Crippen MR) is 81.7 cm³/mol. The number of hydrogen-bond donors (Lipinski definition) is 1. The molecule has 23 heavy (non-hydrogen) atoms. The van der Waals surface area contributed by atoms with Gasteiger partial charge in [-0.05, 0) is 46.3 Å². The highest BCUT2D eigenvalue weighted by Gasteiger charge is 2.29. The monoisotopic (exact) mass is 407 g/mol. The number of anilines is 1. The van der Waals surface area contributed by atoms with Gasteiger partial charge < -0.3 is 5.32 Å². The molecule has 0 spiro atoms. The van der Waals surface area contributed by atoms with Crippen LogP contribution < -0.4 is 5.32 Å². The van der Waals surface area contributed by atoms with E-state index in [4.69, 9.17) is 0 Å². The zero-order chi connectivity index (χ0) is 17.2. The number of benzene rings is 2. The first-order chi connectivity index (χ1) is 10.7. The van der Waals surface area contributed by atoms with Crippen molar-refractivity contribution in [2.75, 3.05) is 5.32 Å². The summed E-state index contributed by atoms with van der Waals surface area (Å²) in [6, 6.07) is 8.10. The SMILES string of the molecule is O=C(Nc1ccccc1S(=O)(=O)C(F)F)c1cc(F)ccc1Br. The van der Waals surface area contributed by atoms with Gasteiger partial charge in [-0.2, -0.15) is 8.78 Å². The Morgan fingerprint density at radius 2 is 1.78 bits per heavy atom. The second kappa shape index (κ2) is 6.71. The maximum Gasteiger partial charge on any atom is 0.341 e. The van der Waals surface area contributed by atoms with E-state index < -0.39 is 32.2 Å². The quantitative estimate of drug-likeness (QED) is 0.837. The van der Waals surface area contributed by atoms with Crippen LogP contribution in [-0.4, -0.2) is 20.1 Å². The molecule has 2 aromatic carbocycles. The molecule has 0 atom stereocenters. The Bertz CT molecular complexity index is 856. The van der Waals surface area contributed by atoms with Gasteiger partial charge >= 0.3 is 5.76 Å². The van der Waals surface area contributed by atoms with Gasteiger partial charge in [0, 0.05) is 4.47 Å². The van der Waals surface area contributed by atoms with Crippen molar-refractivity contribution < 1.29 is 26.4 Å². The molecule has 0 saturated carbocycles. The number of amides is 1. The Labute approximate surface area is 138 Å². The van der Waals surface area contributed by atoms with Gasteiger partial charge in [0.05, 0.1) is 16.1 Å². The van der Waals surface area contributed by atoms with Gasteiger partial charge in [-0.1, -0.05) is 12.1 Å². The Morgan fingerprint density at radius 1 is 1.13 bits per heavy atom. The molecule has 122 valence electrons. The van der Waals surface area contributed by atoms with Gasteiger partial charge in [-0.3, -0.25) is 4.79 Å². The van der Waals surface area contributed by atoms with Gasteiger partial charge in [-0.15, -0.1) is 0 Å². The summed E-state index contributed by atoms with van der Waals surface area (Å²) < 4.78 is 62.1. The van der Waals surface area contributed by atoms with Crippen LogP contribution in [0.4, 0.5) is 18.9 Å². The number of rotatable bonds is 4. The fourth-order valence-corrected chi connectivity index (χ4v) is 3.09. The highest BCUT2D eigenvalue weighted by molar-refractivity contribution is 9.10. The number of alkyl halides is 2. The van der Waals surface area contributed by atoms with Crippen molar-refractivity contribution in [3.8, 4) is 0 Å². The van der Waals surface area contributed by atoms with Crippen molar-refractivity contribution >= 4 is 37.4 Å². The van der Waals surface area contributed by atoms with E-state index in [9.17, 15) is 26.4 Å². The van der Waals surface area contributed by atoms with Crippen LogP contribution in [0.15, 0.2) is 51.8 Å². The molecule has 1 amide bonds. The van der Waals surface area contributed by atoms with Gasteiger partial charge in [0.15, 0.2) is 0 Å². The van der Waals surface area contributed by atoms with E-state index in [1.165, 1.54) is 24.3 Å². The van der Waals surface area contributed by atoms with Crippen LogP contribution in [0.3, 0.4) is 0 Å². The summed E-state index contributed by atoms with van der Waals surface area (Å²) in [6.07, 6.45) is 0. The number of sulfone groups is 1. The van der Waals surface area contributed by atoms with Crippen LogP contribution in [0.2, 0.25) is 0 Å². The molecule has 9 heteroatoms. The van der Waals surface area contributed by atoms with Crippen LogP contribution in [0.5, 0.6) is 0 Å². The molecule has 0 aromatic heterocycles. The molecule has 2 rings (SSSR count). The Kier molecular flexibility index (Phi) is 5.10. The molecular formula is C14H9BrF3NO3S. The summed E-state index contributed by atoms with van der Waals surface area (Å²) in [5.74, 6) is -5.14. The van der Waals surface area contributed by atoms with E-state index in [0.29, 0.717) is 0 Å². The largest absolute Gasteiger partial charge is 0.341 e. The minimum absolute atomic E-state index is 0.103. The van der Waals surface area contributed by atoms with Gasteiger partial charge in [0.2, 0.25) is 9.84 Å². The first-order valence-electron chi connectivity index (χ1n) is 6.11. The van der Waals surface area contributed by atoms with E-state index in [0.717, 1.165) is 18.2 Å². The molecule has 0 bridgehead atoms. The summed E-state index contributed by atoms with van der Waals surface area (Å²) in [6.45, 7) is 0. The molecule has 0 unspecified atom stereocenters. The molecule has 0 aliphatic rings. The highest BCUT2D eigenvalue weighted by atomic mass is 79.9. The van der Waals surface area contributed by atoms with Crippen molar-refractivity contribution in [3.05, 3.63) is 58.3 Å². The first-order valence-corrected chi connectivity index (χ1v) is 8.45. The molecule has 4 nitrogen and oxygen atoms in total. The minimum atomic E-state index is -4.89. The number of hydrogen-bond acceptors (Lipinski definition) is 3. The van der Waals surface area contributed by atoms with Crippen molar-refractivity contribution in [2.45, 2.75) is 10.7 Å². The lowest BCUT2D eigenvalue weighted by atomic mass is 10.2. The lowest BCUT2D eigenvalue weighted by Crippen LogP contribution is -2.18. The molecular weight excluding hydrogens is 399 g/mol. The van der Waals surface area contributed by atoms with Crippen molar-refractivity contribution in [1.82, 2.24) is 0 Å². The number of nitrogens with one attached hydrogen (secondary N) is 1. The van der Waals surface area contributed by atoms with Gasteiger partial charge in [-0.25, -0.2) is 12.8 Å². The van der Waals surface area contributed by atoms with Crippen molar-refractivity contribution in [1.29, 1.82) is 0 Å². The Hall–Kier alpha value is -1.87. The molecule has 0 heterocycles. The topological polar surface area (TPSA) is 63.2 Å². The number of carbonyl (C=O) groups is 1. The normalized spacial score (nSPS) is 11.5. The lowest BCUT2D eigenvalue weighted by molar-refractivity contribution is 0.102. The molecule has 0 fully saturated rings. The van der Waals surface area contributed by atoms with Gasteiger partial charge in [0.25, 0.3) is 5.91 Å². The summed E-state index contributed by atoms with van der Waals surface area (Å²) in [5.41, 5.74) is -0.414. The minimum Gasteiger partial charge on any atom is -0.321 e. The second-order valence-electron chi connectivity index (χ2n) is 4.38. The maximum absolute atomic E-state index is 13.2. The summed E-state index contributed by atoms with van der Waals surface area (Å²) >= 11 is 3.06. The Morgan fingerprint density at radius 3 is 2.43 bits per heavy atom. The average Bonchev–Trinajstić information content (AvgIpc) is 2.49. The number of halogens is 4. The van der Waals surface area contributed by atoms with E-state index in [1.54, 1.807) is 0 Å². The average molecular weight is 408 g/mol. The fraction of sp³-hybridized carbons (Fsp3) is 0.0714. The van der Waals surface area contributed by atoms with Crippen molar-refractivity contribution in [3.63, 3.8) is 0 Å². The third kappa shape index (κ3) is 3.73. The highest BCUT2D eigenvalue weighted by Crippen LogP contribution is 2.27. The predicted octanol–water partition coefficient (Wildman–Crippen LogP) is 3.84. The smallest absolute Gasteiger partial charge is 0.321 e. The van der Waals surface area contributed by atoms with E-state index in [1.807, 2.05) is 0 Å². The summed E-state index contributed by atoms with van der Waals surface area (Å²) in [7, 11) is -4.89. The van der Waals surface area contributed by atoms with E-state index >= 15 is 0 Å². The standard InChI is InChI=1S/C14H9BrF3NO3S/c15-10-6-5-8(16)7-9(10)13(20)19-11-3-1-2-4-12(11)23(21,22)14(17)18/h1-7,14H,(H,19,20). The Balaban J connectivity index is 2.42. The van der Waals surface area contributed by atoms with Crippen LogP contribution >= 0.6 is 15.9 Å². The van der Waals surface area contributed by atoms with Crippen LogP contribution in [0, 0.1) is 5.82 Å². The van der Waals surface area contributed by atoms with Crippen molar-refractivity contribution in [2.24, 2.45) is 0 Å². The third-order valence-electron chi connectivity index (χ3n) is 2.85. The molecule has 1 N–H and O–H groups in total. The van der Waals surface area contributed by atoms with E-state index in [-0.39, 0.29) is 15.7 Å². The van der Waals surface area contributed by atoms with Crippen LogP contribution in [0.25, 0.3) is 0 Å². The number of para-hydroxylation sites is 1. The molecule has 2 aromatic rings. The van der Waals surface area contributed by atoms with Crippen LogP contribution in [0.1, 0.15) is 10.4 Å². The van der Waals surface area contributed by atoms with E-state index in [2.05, 4.69) is 21.2 Å². The summed E-state index contributed by atoms with van der Waals surface area (Å²) in [5, 5.41) is 2.21. The van der Waals surface area contributed by atoms with Gasteiger partial charge in [0.1, 0.15) is 5.82 Å². The number of carbonyl (C=O) groups excluding carboxylic acids is 1. The second-order valence-corrected chi connectivity index (χ2v) is 7.12. The molecule has 0 aliphatic carbocycles. The zero-order valence-electron chi connectivity index (χ0n) is 11.3. The third-order valence-corrected chi connectivity index (χ3v) is 4.98. The van der Waals surface area contributed by atoms with Crippen LogP contribution in [-0.2, 0) is 9.84 Å². The molecule has 0 saturated heterocycles. The summed E-state index contributed by atoms with van der Waals surface area (Å²) in [4.78, 5) is 11.4. The zero-order valence-corrected chi connectivity index (χ0v) is 13.7.